The number of nitrogens with zero attached hydrogens (tertiary/aromatic N) is 1. The van der Waals surface area contributed by atoms with Crippen LogP contribution in [0.2, 0.25) is 0 Å². The van der Waals surface area contributed by atoms with E-state index in [1.807, 2.05) is 12.1 Å². The number of benzene rings is 1. The van der Waals surface area contributed by atoms with Gasteiger partial charge in [0.25, 0.3) is 0 Å². The van der Waals surface area contributed by atoms with Crippen molar-refractivity contribution >= 4 is 5.97 Å². The van der Waals surface area contributed by atoms with E-state index in [1.165, 1.54) is 5.56 Å². The fraction of sp³-hybridized carbons (Fsp3) is 0.562. The van der Waals surface area contributed by atoms with Crippen LogP contribution in [0.15, 0.2) is 24.3 Å². The van der Waals surface area contributed by atoms with Crippen LogP contribution in [-0.4, -0.2) is 42.2 Å². The topological polar surface area (TPSA) is 49.8 Å². The lowest BCUT2D eigenvalue weighted by Crippen LogP contribution is -2.38. The summed E-state index contributed by atoms with van der Waals surface area (Å²) in [5.41, 5.74) is 1.40. The quantitative estimate of drug-likeness (QED) is 0.870. The summed E-state index contributed by atoms with van der Waals surface area (Å²) in [6, 6.07) is 7.56. The molecule has 1 aromatic carbocycles. The minimum absolute atomic E-state index is 0.135. The Hall–Kier alpha value is -1.55. The fourth-order valence-corrected chi connectivity index (χ4v) is 1.74. The van der Waals surface area contributed by atoms with Gasteiger partial charge in [0.1, 0.15) is 18.4 Å². The van der Waals surface area contributed by atoms with Gasteiger partial charge in [0.2, 0.25) is 0 Å². The number of aliphatic carboxylic acids is 1. The number of hydrogen-bond acceptors (Lipinski definition) is 3. The van der Waals surface area contributed by atoms with Gasteiger partial charge in [0.15, 0.2) is 0 Å². The molecule has 112 valence electrons. The molecule has 0 spiro atoms. The first-order chi connectivity index (χ1) is 9.21. The lowest BCUT2D eigenvalue weighted by atomic mass is 9.87. The predicted molar refractivity (Wildman–Crippen MR) is 80.4 cm³/mol. The van der Waals surface area contributed by atoms with E-state index in [9.17, 15) is 4.79 Å². The Morgan fingerprint density at radius 1 is 1.30 bits per heavy atom. The number of rotatable bonds is 6. The normalized spacial score (nSPS) is 13.3. The van der Waals surface area contributed by atoms with Crippen LogP contribution in [0, 0.1) is 0 Å². The Labute approximate surface area is 121 Å². The zero-order valence-electron chi connectivity index (χ0n) is 13.0. The predicted octanol–water partition coefficient (Wildman–Crippen LogP) is 2.77. The molecular formula is C16H25NO3. The van der Waals surface area contributed by atoms with E-state index < -0.39 is 12.0 Å². The lowest BCUT2D eigenvalue weighted by molar-refractivity contribution is -0.142. The monoisotopic (exact) mass is 279 g/mol. The molecule has 1 unspecified atom stereocenters. The van der Waals surface area contributed by atoms with Gasteiger partial charge in [0.05, 0.1) is 0 Å². The van der Waals surface area contributed by atoms with E-state index in [1.54, 1.807) is 18.9 Å². The number of carboxylic acid groups (broad SMARTS) is 1. The molecule has 0 amide bonds. The highest BCUT2D eigenvalue weighted by atomic mass is 16.5. The van der Waals surface area contributed by atoms with Gasteiger partial charge in [-0.3, -0.25) is 9.69 Å². The van der Waals surface area contributed by atoms with Gasteiger partial charge >= 0.3 is 5.97 Å². The molecule has 0 aliphatic heterocycles. The van der Waals surface area contributed by atoms with Gasteiger partial charge in [-0.25, -0.2) is 0 Å². The van der Waals surface area contributed by atoms with Gasteiger partial charge < -0.3 is 9.84 Å². The van der Waals surface area contributed by atoms with Crippen molar-refractivity contribution in [3.05, 3.63) is 29.8 Å². The number of hydrogen-bond donors (Lipinski definition) is 1. The number of ether oxygens (including phenoxy) is 1. The molecule has 0 aliphatic rings. The van der Waals surface area contributed by atoms with Crippen molar-refractivity contribution in [3.8, 4) is 5.75 Å². The van der Waals surface area contributed by atoms with Crippen LogP contribution in [0.4, 0.5) is 0 Å². The van der Waals surface area contributed by atoms with Crippen LogP contribution in [0.25, 0.3) is 0 Å². The molecule has 1 N–H and O–H groups in total. The maximum absolute atomic E-state index is 10.8. The highest BCUT2D eigenvalue weighted by Gasteiger charge is 2.16. The van der Waals surface area contributed by atoms with Crippen molar-refractivity contribution in [2.24, 2.45) is 0 Å². The van der Waals surface area contributed by atoms with Crippen molar-refractivity contribution in [2.45, 2.75) is 39.2 Å². The van der Waals surface area contributed by atoms with Crippen LogP contribution < -0.4 is 4.74 Å². The second-order valence-electron chi connectivity index (χ2n) is 6.12. The third kappa shape index (κ3) is 4.85. The summed E-state index contributed by atoms with van der Waals surface area (Å²) in [7, 11) is 1.78. The van der Waals surface area contributed by atoms with Gasteiger partial charge in [-0.2, -0.15) is 0 Å². The molecule has 1 atom stereocenters. The molecule has 0 saturated carbocycles. The average Bonchev–Trinajstić information content (AvgIpc) is 2.37. The molecule has 0 aromatic heterocycles. The molecule has 20 heavy (non-hydrogen) atoms. The van der Waals surface area contributed by atoms with E-state index in [0.717, 1.165) is 5.75 Å². The Balaban J connectivity index is 2.45. The van der Waals surface area contributed by atoms with Crippen molar-refractivity contribution in [3.63, 3.8) is 0 Å². The first kappa shape index (κ1) is 16.5. The summed E-state index contributed by atoms with van der Waals surface area (Å²) in [4.78, 5) is 12.6. The smallest absolute Gasteiger partial charge is 0.320 e. The molecule has 1 rings (SSSR count). The van der Waals surface area contributed by atoms with Crippen molar-refractivity contribution in [1.29, 1.82) is 0 Å². The Morgan fingerprint density at radius 3 is 2.30 bits per heavy atom. The van der Waals surface area contributed by atoms with E-state index in [-0.39, 0.29) is 5.41 Å². The van der Waals surface area contributed by atoms with Crippen LogP contribution in [0.1, 0.15) is 33.3 Å². The number of carbonyl (C=O) groups is 1. The lowest BCUT2D eigenvalue weighted by Gasteiger charge is -2.21. The van der Waals surface area contributed by atoms with Crippen LogP contribution in [0.5, 0.6) is 5.75 Å². The largest absolute Gasteiger partial charge is 0.492 e. The molecule has 1 aromatic rings. The van der Waals surface area contributed by atoms with Crippen LogP contribution in [-0.2, 0) is 10.2 Å². The minimum atomic E-state index is -0.818. The van der Waals surface area contributed by atoms with Gasteiger partial charge in [0, 0.05) is 6.54 Å². The van der Waals surface area contributed by atoms with Crippen molar-refractivity contribution in [2.75, 3.05) is 20.2 Å². The van der Waals surface area contributed by atoms with Gasteiger partial charge in [-0.15, -0.1) is 0 Å². The molecule has 0 bridgehead atoms. The summed E-state index contributed by atoms with van der Waals surface area (Å²) in [5.74, 6) is -0.00333. The maximum atomic E-state index is 10.8. The second kappa shape index (κ2) is 6.75. The molecule has 0 fully saturated rings. The summed E-state index contributed by atoms with van der Waals surface area (Å²) in [6.45, 7) is 9.24. The average molecular weight is 279 g/mol. The van der Waals surface area contributed by atoms with Crippen molar-refractivity contribution < 1.29 is 14.6 Å². The molecular weight excluding hydrogens is 254 g/mol. The fourth-order valence-electron chi connectivity index (χ4n) is 1.74. The molecule has 4 nitrogen and oxygen atoms in total. The zero-order valence-corrected chi connectivity index (χ0v) is 13.0. The molecule has 0 saturated heterocycles. The SMILES string of the molecule is CC(C(=O)O)N(C)CCOc1ccc(C(C)(C)C)cc1. The first-order valence-electron chi connectivity index (χ1n) is 6.88. The number of likely N-dealkylation sites (N-methyl/N-ethyl adjacent to an activating group) is 1. The first-order valence-corrected chi connectivity index (χ1v) is 6.88. The van der Waals surface area contributed by atoms with E-state index >= 15 is 0 Å². The van der Waals surface area contributed by atoms with Crippen LogP contribution >= 0.6 is 0 Å². The molecule has 0 heterocycles. The summed E-state index contributed by atoms with van der Waals surface area (Å²) in [5, 5.41) is 8.89. The highest BCUT2D eigenvalue weighted by molar-refractivity contribution is 5.72. The highest BCUT2D eigenvalue weighted by Crippen LogP contribution is 2.24. The second-order valence-corrected chi connectivity index (χ2v) is 6.12. The summed E-state index contributed by atoms with van der Waals surface area (Å²) in [6.07, 6.45) is 0. The maximum Gasteiger partial charge on any atom is 0.320 e. The third-order valence-electron chi connectivity index (χ3n) is 3.45. The van der Waals surface area contributed by atoms with Crippen LogP contribution in [0.3, 0.4) is 0 Å². The van der Waals surface area contributed by atoms with E-state index in [4.69, 9.17) is 9.84 Å². The Kier molecular flexibility index (Phi) is 5.57. The van der Waals surface area contributed by atoms with Gasteiger partial charge in [-0.05, 0) is 37.1 Å². The van der Waals surface area contributed by atoms with E-state index in [0.29, 0.717) is 13.2 Å². The summed E-state index contributed by atoms with van der Waals surface area (Å²) < 4.78 is 5.64. The minimum Gasteiger partial charge on any atom is -0.492 e. The molecule has 4 heteroatoms. The molecule has 0 aliphatic carbocycles. The zero-order chi connectivity index (χ0) is 15.3. The summed E-state index contributed by atoms with van der Waals surface area (Å²) >= 11 is 0. The van der Waals surface area contributed by atoms with E-state index in [2.05, 4.69) is 32.9 Å². The Bertz CT molecular complexity index is 434. The Morgan fingerprint density at radius 2 is 1.85 bits per heavy atom. The van der Waals surface area contributed by atoms with Gasteiger partial charge in [-0.1, -0.05) is 32.9 Å². The standard InChI is InChI=1S/C16H25NO3/c1-12(15(18)19)17(5)10-11-20-14-8-6-13(7-9-14)16(2,3)4/h6-9,12H,10-11H2,1-5H3,(H,18,19). The molecule has 0 radical (unpaired) electrons. The van der Waals surface area contributed by atoms with Crippen molar-refractivity contribution in [1.82, 2.24) is 4.90 Å². The third-order valence-corrected chi connectivity index (χ3v) is 3.45. The number of carboxylic acids is 1.